The first-order valence-electron chi connectivity index (χ1n) is 12.0. The molecule has 1 aliphatic heterocycles. The molecular weight excluding hydrogens is 444 g/mol. The van der Waals surface area contributed by atoms with Crippen LogP contribution in [0.2, 0.25) is 0 Å². The Morgan fingerprint density at radius 1 is 0.706 bits per heavy atom. The maximum atomic E-state index is 13.2. The van der Waals surface area contributed by atoms with Crippen molar-refractivity contribution in [3.63, 3.8) is 0 Å². The molecule has 6 heteroatoms. The van der Waals surface area contributed by atoms with Gasteiger partial charge in [-0.15, -0.1) is 0 Å². The van der Waals surface area contributed by atoms with E-state index in [1.165, 1.54) is 0 Å². The fourth-order valence-corrected chi connectivity index (χ4v) is 5.85. The lowest BCUT2D eigenvalue weighted by molar-refractivity contribution is -0.132. The minimum Gasteiger partial charge on any atom is -0.334 e. The summed E-state index contributed by atoms with van der Waals surface area (Å²) in [6, 6.07) is 27.1. The molecule has 0 radical (unpaired) electrons. The number of carbonyl (C=O) groups is 1. The Morgan fingerprint density at radius 3 is 1.76 bits per heavy atom. The fraction of sp³-hybridized carbons (Fsp3) is 0.321. The second-order valence-corrected chi connectivity index (χ2v) is 10.8. The van der Waals surface area contributed by atoms with Gasteiger partial charge in [0.2, 0.25) is 15.9 Å². The third-order valence-corrected chi connectivity index (χ3v) is 8.20. The van der Waals surface area contributed by atoms with Crippen molar-refractivity contribution in [3.8, 4) is 0 Å². The first-order valence-corrected chi connectivity index (χ1v) is 13.4. The van der Waals surface area contributed by atoms with Gasteiger partial charge in [0, 0.05) is 32.6 Å². The molecule has 1 aliphatic rings. The molecule has 1 amide bonds. The Balaban J connectivity index is 1.40. The van der Waals surface area contributed by atoms with Crippen LogP contribution < -0.4 is 0 Å². The van der Waals surface area contributed by atoms with Gasteiger partial charge in [-0.3, -0.25) is 4.79 Å². The van der Waals surface area contributed by atoms with Crippen molar-refractivity contribution in [1.29, 1.82) is 0 Å². The Bertz CT molecular complexity index is 1120. The minimum absolute atomic E-state index is 0.0812. The summed E-state index contributed by atoms with van der Waals surface area (Å²) in [5.74, 6) is 0.0812. The molecule has 1 heterocycles. The number of nitrogens with zero attached hydrogens (tertiary/aromatic N) is 2. The molecule has 0 aromatic heterocycles. The van der Waals surface area contributed by atoms with Crippen LogP contribution >= 0.6 is 0 Å². The molecule has 1 saturated heterocycles. The quantitative estimate of drug-likeness (QED) is 0.436. The fourth-order valence-electron chi connectivity index (χ4n) is 4.33. The summed E-state index contributed by atoms with van der Waals surface area (Å²) in [7, 11) is -3.43. The SMILES string of the molecule is O=C(CCc1ccc(S(=O)(=O)N2CCCCC2)cc1)N(Cc1ccccc1)Cc1ccccc1. The zero-order valence-electron chi connectivity index (χ0n) is 19.5. The molecule has 0 bridgehead atoms. The average Bonchev–Trinajstić information content (AvgIpc) is 2.89. The van der Waals surface area contributed by atoms with E-state index in [2.05, 4.69) is 0 Å². The predicted octanol–water partition coefficient (Wildman–Crippen LogP) is 5.02. The summed E-state index contributed by atoms with van der Waals surface area (Å²) >= 11 is 0. The van der Waals surface area contributed by atoms with Crippen LogP contribution in [-0.2, 0) is 34.3 Å². The Morgan fingerprint density at radius 2 is 1.24 bits per heavy atom. The minimum atomic E-state index is -3.43. The molecule has 0 N–H and O–H groups in total. The van der Waals surface area contributed by atoms with Crippen molar-refractivity contribution >= 4 is 15.9 Å². The number of piperidine rings is 1. The van der Waals surface area contributed by atoms with Gasteiger partial charge in [-0.1, -0.05) is 79.2 Å². The third kappa shape index (κ3) is 6.33. The molecular formula is C28H32N2O3S. The van der Waals surface area contributed by atoms with Crippen molar-refractivity contribution in [3.05, 3.63) is 102 Å². The zero-order chi connectivity index (χ0) is 23.8. The van der Waals surface area contributed by atoms with Crippen LogP contribution in [0, 0.1) is 0 Å². The molecule has 0 aliphatic carbocycles. The van der Waals surface area contributed by atoms with Crippen molar-refractivity contribution in [2.45, 2.75) is 50.1 Å². The standard InChI is InChI=1S/C28H32N2O3S/c31-28(29(22-25-10-4-1-5-11-25)23-26-12-6-2-7-13-26)19-16-24-14-17-27(18-15-24)34(32,33)30-20-8-3-9-21-30/h1-2,4-7,10-15,17-18H,3,8-9,16,19-23H2. The zero-order valence-corrected chi connectivity index (χ0v) is 20.3. The Labute approximate surface area is 203 Å². The van der Waals surface area contributed by atoms with Gasteiger partial charge >= 0.3 is 0 Å². The molecule has 3 aromatic carbocycles. The topological polar surface area (TPSA) is 57.7 Å². The summed E-state index contributed by atoms with van der Waals surface area (Å²) < 4.78 is 27.3. The molecule has 34 heavy (non-hydrogen) atoms. The van der Waals surface area contributed by atoms with Crippen LogP contribution in [0.1, 0.15) is 42.4 Å². The highest BCUT2D eigenvalue weighted by Gasteiger charge is 2.25. The predicted molar refractivity (Wildman–Crippen MR) is 135 cm³/mol. The number of carbonyl (C=O) groups excluding carboxylic acids is 1. The van der Waals surface area contributed by atoms with Crippen LogP contribution in [-0.4, -0.2) is 36.6 Å². The highest BCUT2D eigenvalue weighted by atomic mass is 32.2. The molecule has 1 fully saturated rings. The van der Waals surface area contributed by atoms with Gasteiger partial charge in [-0.05, 0) is 48.1 Å². The molecule has 0 unspecified atom stereocenters. The molecule has 4 rings (SSSR count). The van der Waals surface area contributed by atoms with E-state index in [0.717, 1.165) is 36.0 Å². The summed E-state index contributed by atoms with van der Waals surface area (Å²) in [5.41, 5.74) is 3.16. The number of rotatable bonds is 9. The van der Waals surface area contributed by atoms with Gasteiger partial charge < -0.3 is 4.90 Å². The van der Waals surface area contributed by atoms with Crippen molar-refractivity contribution in [2.24, 2.45) is 0 Å². The molecule has 5 nitrogen and oxygen atoms in total. The molecule has 178 valence electrons. The number of hydrogen-bond donors (Lipinski definition) is 0. The van der Waals surface area contributed by atoms with Crippen molar-refractivity contribution in [1.82, 2.24) is 9.21 Å². The summed E-state index contributed by atoms with van der Waals surface area (Å²) in [6.45, 7) is 2.30. The van der Waals surface area contributed by atoms with Gasteiger partial charge in [0.25, 0.3) is 0 Å². The largest absolute Gasteiger partial charge is 0.334 e. The van der Waals surface area contributed by atoms with Crippen LogP contribution in [0.15, 0.2) is 89.8 Å². The lowest BCUT2D eigenvalue weighted by Crippen LogP contribution is -2.35. The van der Waals surface area contributed by atoms with Crippen LogP contribution in [0.5, 0.6) is 0 Å². The maximum absolute atomic E-state index is 13.2. The Hall–Kier alpha value is -2.96. The first-order chi connectivity index (χ1) is 16.5. The van der Waals surface area contributed by atoms with Crippen LogP contribution in [0.4, 0.5) is 0 Å². The Kier molecular flexibility index (Phi) is 8.14. The monoisotopic (exact) mass is 476 g/mol. The van der Waals surface area contributed by atoms with E-state index >= 15 is 0 Å². The second-order valence-electron chi connectivity index (χ2n) is 8.83. The van der Waals surface area contributed by atoms with E-state index in [4.69, 9.17) is 0 Å². The smallest absolute Gasteiger partial charge is 0.243 e. The van der Waals surface area contributed by atoms with E-state index in [0.29, 0.717) is 43.9 Å². The summed E-state index contributed by atoms with van der Waals surface area (Å²) in [5, 5.41) is 0. The van der Waals surface area contributed by atoms with Gasteiger partial charge in [-0.25, -0.2) is 8.42 Å². The lowest BCUT2D eigenvalue weighted by atomic mass is 10.1. The highest BCUT2D eigenvalue weighted by Crippen LogP contribution is 2.21. The number of amides is 1. The number of aryl methyl sites for hydroxylation is 1. The second kappa shape index (κ2) is 11.4. The maximum Gasteiger partial charge on any atom is 0.243 e. The average molecular weight is 477 g/mol. The summed E-state index contributed by atoms with van der Waals surface area (Å²) in [6.07, 6.45) is 3.87. The van der Waals surface area contributed by atoms with Gasteiger partial charge in [0.05, 0.1) is 4.90 Å². The van der Waals surface area contributed by atoms with Gasteiger partial charge in [0.15, 0.2) is 0 Å². The number of benzene rings is 3. The van der Waals surface area contributed by atoms with Crippen molar-refractivity contribution < 1.29 is 13.2 Å². The van der Waals surface area contributed by atoms with E-state index in [1.807, 2.05) is 77.7 Å². The normalized spacial score (nSPS) is 14.6. The number of sulfonamides is 1. The third-order valence-electron chi connectivity index (χ3n) is 6.29. The summed E-state index contributed by atoms with van der Waals surface area (Å²) in [4.78, 5) is 15.4. The highest BCUT2D eigenvalue weighted by molar-refractivity contribution is 7.89. The van der Waals surface area contributed by atoms with Crippen LogP contribution in [0.25, 0.3) is 0 Å². The molecule has 0 saturated carbocycles. The lowest BCUT2D eigenvalue weighted by Gasteiger charge is -2.26. The van der Waals surface area contributed by atoms with Crippen molar-refractivity contribution in [2.75, 3.05) is 13.1 Å². The molecule has 0 atom stereocenters. The van der Waals surface area contributed by atoms with E-state index in [-0.39, 0.29) is 5.91 Å². The van der Waals surface area contributed by atoms with Crippen LogP contribution in [0.3, 0.4) is 0 Å². The number of hydrogen-bond acceptors (Lipinski definition) is 3. The van der Waals surface area contributed by atoms with E-state index < -0.39 is 10.0 Å². The molecule has 3 aromatic rings. The van der Waals surface area contributed by atoms with Gasteiger partial charge in [-0.2, -0.15) is 4.31 Å². The van der Waals surface area contributed by atoms with Gasteiger partial charge in [0.1, 0.15) is 0 Å². The van der Waals surface area contributed by atoms with E-state index in [1.54, 1.807) is 16.4 Å². The molecule has 0 spiro atoms. The van der Waals surface area contributed by atoms with E-state index in [9.17, 15) is 13.2 Å². The first kappa shape index (κ1) is 24.2.